The van der Waals surface area contributed by atoms with E-state index in [1.54, 1.807) is 0 Å². The van der Waals surface area contributed by atoms with E-state index in [2.05, 4.69) is 39.9 Å². The second-order valence-corrected chi connectivity index (χ2v) is 9.29. The molecule has 1 spiro atoms. The number of hydrogen-bond acceptors (Lipinski definition) is 5. The van der Waals surface area contributed by atoms with Crippen molar-refractivity contribution in [3.05, 3.63) is 29.8 Å². The largest absolute Gasteiger partial charge is 0.426 e. The average molecular weight is 376 g/mol. The Hall–Kier alpha value is -1.43. The number of hydrogen-bond donors (Lipinski definition) is 1. The highest BCUT2D eigenvalue weighted by Crippen LogP contribution is 2.41. The molecule has 0 amide bonds. The second-order valence-electron chi connectivity index (χ2n) is 9.29. The summed E-state index contributed by atoms with van der Waals surface area (Å²) in [5.41, 5.74) is 1.07. The van der Waals surface area contributed by atoms with Crippen molar-refractivity contribution in [2.75, 3.05) is 13.2 Å². The van der Waals surface area contributed by atoms with Crippen LogP contribution in [0.2, 0.25) is 0 Å². The van der Waals surface area contributed by atoms with Crippen LogP contribution in [0.1, 0.15) is 59.4 Å². The van der Waals surface area contributed by atoms with Crippen LogP contribution in [-0.4, -0.2) is 36.0 Å². The first kappa shape index (κ1) is 20.3. The number of benzene rings is 1. The molecule has 0 unspecified atom stereocenters. The van der Waals surface area contributed by atoms with Gasteiger partial charge in [-0.05, 0) is 51.8 Å². The van der Waals surface area contributed by atoms with Gasteiger partial charge in [-0.3, -0.25) is 4.79 Å². The molecule has 150 valence electrons. The molecule has 0 saturated carbocycles. The maximum absolute atomic E-state index is 12.5. The van der Waals surface area contributed by atoms with Gasteiger partial charge in [-0.15, -0.1) is 0 Å². The van der Waals surface area contributed by atoms with Crippen molar-refractivity contribution < 1.29 is 19.0 Å². The van der Waals surface area contributed by atoms with Gasteiger partial charge < -0.3 is 19.5 Å². The first-order valence-electron chi connectivity index (χ1n) is 10.00. The quantitative estimate of drug-likeness (QED) is 0.640. The topological polar surface area (TPSA) is 56.8 Å². The third-order valence-corrected chi connectivity index (χ3v) is 5.21. The standard InChI is InChI=1S/C22H33NO4/c1-6-7-16-8-10-18(11-9-16)27-19(24)17-12-25-22(26-13-17)14-20(2,3)23-21(4,5)15-22/h8-11,17,23H,6-7,12-15H2,1-5H3. The SMILES string of the molecule is CCCc1ccc(OC(=O)C2COC3(CC(C)(C)NC(C)(C)C3)OC2)cc1. The third kappa shape index (κ3) is 5.09. The zero-order valence-electron chi connectivity index (χ0n) is 17.3. The summed E-state index contributed by atoms with van der Waals surface area (Å²) in [6.45, 7) is 11.4. The van der Waals surface area contributed by atoms with Crippen molar-refractivity contribution in [1.29, 1.82) is 0 Å². The van der Waals surface area contributed by atoms with Crippen molar-refractivity contribution in [3.63, 3.8) is 0 Å². The fourth-order valence-electron chi connectivity index (χ4n) is 4.56. The van der Waals surface area contributed by atoms with Crippen LogP contribution in [0.25, 0.3) is 0 Å². The normalized spacial score (nSPS) is 23.9. The predicted octanol–water partition coefficient (Wildman–Crippen LogP) is 3.84. The van der Waals surface area contributed by atoms with Crippen LogP contribution < -0.4 is 10.1 Å². The Morgan fingerprint density at radius 3 is 2.15 bits per heavy atom. The number of esters is 1. The lowest BCUT2D eigenvalue weighted by atomic mass is 9.78. The molecule has 2 saturated heterocycles. The number of aryl methyl sites for hydroxylation is 1. The van der Waals surface area contributed by atoms with Crippen LogP contribution >= 0.6 is 0 Å². The van der Waals surface area contributed by atoms with Gasteiger partial charge in [0.15, 0.2) is 5.79 Å². The summed E-state index contributed by atoms with van der Waals surface area (Å²) < 4.78 is 17.8. The molecule has 2 aliphatic heterocycles. The van der Waals surface area contributed by atoms with E-state index in [4.69, 9.17) is 14.2 Å². The Kier molecular flexibility index (Phi) is 5.67. The maximum Gasteiger partial charge on any atom is 0.319 e. The fraction of sp³-hybridized carbons (Fsp3) is 0.682. The van der Waals surface area contributed by atoms with Crippen molar-refractivity contribution in [2.45, 2.75) is 77.2 Å². The minimum Gasteiger partial charge on any atom is -0.426 e. The molecule has 2 aliphatic rings. The molecule has 1 aromatic rings. The molecule has 3 rings (SSSR count). The van der Waals surface area contributed by atoms with Gasteiger partial charge in [0.1, 0.15) is 11.7 Å². The van der Waals surface area contributed by atoms with E-state index in [9.17, 15) is 4.79 Å². The first-order valence-corrected chi connectivity index (χ1v) is 10.00. The number of ether oxygens (including phenoxy) is 3. The van der Waals surface area contributed by atoms with Crippen molar-refractivity contribution >= 4 is 5.97 Å². The summed E-state index contributed by atoms with van der Waals surface area (Å²) in [6.07, 6.45) is 3.64. The van der Waals surface area contributed by atoms with E-state index in [0.29, 0.717) is 19.0 Å². The Bertz CT molecular complexity index is 639. The molecule has 1 N–H and O–H groups in total. The molecule has 27 heavy (non-hydrogen) atoms. The van der Waals surface area contributed by atoms with Crippen LogP contribution in [0, 0.1) is 5.92 Å². The lowest BCUT2D eigenvalue weighted by molar-refractivity contribution is -0.308. The fourth-order valence-corrected chi connectivity index (χ4v) is 4.56. The maximum atomic E-state index is 12.5. The van der Waals surface area contributed by atoms with Gasteiger partial charge in [-0.1, -0.05) is 25.5 Å². The summed E-state index contributed by atoms with van der Waals surface area (Å²) in [4.78, 5) is 12.5. The van der Waals surface area contributed by atoms with E-state index in [1.165, 1.54) is 5.56 Å². The monoisotopic (exact) mass is 375 g/mol. The summed E-state index contributed by atoms with van der Waals surface area (Å²) in [7, 11) is 0. The summed E-state index contributed by atoms with van der Waals surface area (Å²) in [6, 6.07) is 7.72. The highest BCUT2D eigenvalue weighted by Gasteiger charge is 2.51. The molecule has 5 nitrogen and oxygen atoms in total. The smallest absolute Gasteiger partial charge is 0.319 e. The summed E-state index contributed by atoms with van der Waals surface area (Å²) in [5.74, 6) is -0.742. The number of rotatable bonds is 4. The van der Waals surface area contributed by atoms with Crippen LogP contribution in [0.5, 0.6) is 5.75 Å². The van der Waals surface area contributed by atoms with Gasteiger partial charge in [-0.25, -0.2) is 0 Å². The van der Waals surface area contributed by atoms with E-state index in [-0.39, 0.29) is 17.0 Å². The van der Waals surface area contributed by atoms with Crippen molar-refractivity contribution in [3.8, 4) is 5.75 Å². The summed E-state index contributed by atoms with van der Waals surface area (Å²) >= 11 is 0. The molecule has 0 atom stereocenters. The number of piperidine rings is 1. The second kappa shape index (κ2) is 7.53. The van der Waals surface area contributed by atoms with E-state index in [0.717, 1.165) is 25.7 Å². The Morgan fingerprint density at radius 1 is 1.07 bits per heavy atom. The number of carbonyl (C=O) groups is 1. The molecule has 1 aromatic carbocycles. The van der Waals surface area contributed by atoms with Crippen molar-refractivity contribution in [2.24, 2.45) is 5.92 Å². The molecule has 2 heterocycles. The molecule has 0 bridgehead atoms. The van der Waals surface area contributed by atoms with Crippen LogP contribution in [-0.2, 0) is 20.7 Å². The minimum absolute atomic E-state index is 0.0880. The lowest BCUT2D eigenvalue weighted by Gasteiger charge is -2.53. The third-order valence-electron chi connectivity index (χ3n) is 5.21. The van der Waals surface area contributed by atoms with Gasteiger partial charge in [0.05, 0.1) is 13.2 Å². The van der Waals surface area contributed by atoms with Gasteiger partial charge in [0.25, 0.3) is 0 Å². The number of carbonyl (C=O) groups excluding carboxylic acids is 1. The van der Waals surface area contributed by atoms with Gasteiger partial charge in [0, 0.05) is 23.9 Å². The van der Waals surface area contributed by atoms with E-state index >= 15 is 0 Å². The zero-order valence-corrected chi connectivity index (χ0v) is 17.3. The van der Waals surface area contributed by atoms with E-state index < -0.39 is 11.7 Å². The van der Waals surface area contributed by atoms with Crippen molar-refractivity contribution in [1.82, 2.24) is 5.32 Å². The molecule has 0 aliphatic carbocycles. The molecule has 2 fully saturated rings. The summed E-state index contributed by atoms with van der Waals surface area (Å²) in [5, 5.41) is 3.63. The minimum atomic E-state index is -0.628. The zero-order chi connectivity index (χ0) is 19.7. The van der Waals surface area contributed by atoms with Crippen LogP contribution in [0.4, 0.5) is 0 Å². The van der Waals surface area contributed by atoms with Crippen LogP contribution in [0.3, 0.4) is 0 Å². The van der Waals surface area contributed by atoms with Gasteiger partial charge in [0.2, 0.25) is 0 Å². The van der Waals surface area contributed by atoms with Gasteiger partial charge >= 0.3 is 5.97 Å². The van der Waals surface area contributed by atoms with Gasteiger partial charge in [-0.2, -0.15) is 0 Å². The first-order chi connectivity index (χ1) is 12.6. The molecular weight excluding hydrogens is 342 g/mol. The Morgan fingerprint density at radius 2 is 1.63 bits per heavy atom. The van der Waals surface area contributed by atoms with E-state index in [1.807, 2.05) is 24.3 Å². The molecular formula is C22H33NO4. The average Bonchev–Trinajstić information content (AvgIpc) is 2.54. The lowest BCUT2D eigenvalue weighted by Crippen LogP contribution is -2.66. The Balaban J connectivity index is 1.57. The molecule has 0 radical (unpaired) electrons. The molecule has 0 aromatic heterocycles. The predicted molar refractivity (Wildman–Crippen MR) is 105 cm³/mol. The highest BCUT2D eigenvalue weighted by atomic mass is 16.7. The highest BCUT2D eigenvalue weighted by molar-refractivity contribution is 5.75. The van der Waals surface area contributed by atoms with Crippen LogP contribution in [0.15, 0.2) is 24.3 Å². The molecule has 5 heteroatoms. The Labute approximate surface area is 162 Å². The number of nitrogens with one attached hydrogen (secondary N) is 1.